The van der Waals surface area contributed by atoms with Crippen LogP contribution in [-0.4, -0.2) is 45.3 Å². The Bertz CT molecular complexity index is 704. The van der Waals surface area contributed by atoms with E-state index in [9.17, 15) is 15.3 Å². The number of aliphatic hydroxyl groups excluding tert-OH is 3. The van der Waals surface area contributed by atoms with Crippen molar-refractivity contribution in [1.29, 1.82) is 0 Å². The Morgan fingerprint density at radius 3 is 2.50 bits per heavy atom. The summed E-state index contributed by atoms with van der Waals surface area (Å²) in [7, 11) is 0. The summed E-state index contributed by atoms with van der Waals surface area (Å²) >= 11 is 0. The molecular formula is C22H28O4. The minimum Gasteiger partial charge on any atom is -0.390 e. The normalized spacial score (nSPS) is 38.2. The van der Waals surface area contributed by atoms with Crippen LogP contribution in [0.25, 0.3) is 0 Å². The third-order valence-electron chi connectivity index (χ3n) is 6.27. The van der Waals surface area contributed by atoms with Crippen molar-refractivity contribution in [2.24, 2.45) is 5.41 Å². The summed E-state index contributed by atoms with van der Waals surface area (Å²) in [4.78, 5) is 0. The van der Waals surface area contributed by atoms with E-state index in [2.05, 4.69) is 25.1 Å². The Hall–Kier alpha value is -1.46. The first-order valence-corrected chi connectivity index (χ1v) is 9.56. The van der Waals surface area contributed by atoms with Crippen molar-refractivity contribution in [3.8, 4) is 0 Å². The van der Waals surface area contributed by atoms with Crippen molar-refractivity contribution in [1.82, 2.24) is 0 Å². The second-order valence-corrected chi connectivity index (χ2v) is 8.25. The smallest absolute Gasteiger partial charge is 0.123 e. The van der Waals surface area contributed by atoms with Gasteiger partial charge in [-0.2, -0.15) is 0 Å². The molecule has 3 N–H and O–H groups in total. The van der Waals surface area contributed by atoms with Crippen LogP contribution in [0.3, 0.4) is 0 Å². The zero-order chi connectivity index (χ0) is 18.4. The number of benzene rings is 1. The lowest BCUT2D eigenvalue weighted by atomic mass is 9.80. The Morgan fingerprint density at radius 1 is 1.19 bits per heavy atom. The van der Waals surface area contributed by atoms with E-state index in [1.165, 1.54) is 11.1 Å². The molecule has 4 rings (SSSR count). The molecule has 2 saturated carbocycles. The van der Waals surface area contributed by atoms with Crippen LogP contribution in [0.15, 0.2) is 54.1 Å². The molecule has 1 aromatic carbocycles. The van der Waals surface area contributed by atoms with Crippen LogP contribution in [0.4, 0.5) is 0 Å². The summed E-state index contributed by atoms with van der Waals surface area (Å²) in [6, 6.07) is 10.3. The minimum atomic E-state index is -0.840. The maximum atomic E-state index is 10.7. The van der Waals surface area contributed by atoms with E-state index >= 15 is 0 Å². The standard InChI is InChI=1S/C22H28O4/c1-15(13-16-8-3-2-4-9-16)7-5-6-10-17-19(24)21(11-12-21)20(25)22(26-17)14-18(22)23/h2-9,17-20,23-25H,10-14H2,1H3/b6-5-,15-7+/t17-,18+,19-,20-,22+/m0/s1. The van der Waals surface area contributed by atoms with Crippen molar-refractivity contribution in [2.45, 2.75) is 69.0 Å². The van der Waals surface area contributed by atoms with Crippen molar-refractivity contribution in [2.75, 3.05) is 0 Å². The van der Waals surface area contributed by atoms with Crippen LogP contribution in [0.2, 0.25) is 0 Å². The van der Waals surface area contributed by atoms with Gasteiger partial charge in [0.2, 0.25) is 0 Å². The maximum Gasteiger partial charge on any atom is 0.123 e. The molecule has 3 aliphatic rings. The van der Waals surface area contributed by atoms with Gasteiger partial charge in [0.25, 0.3) is 0 Å². The van der Waals surface area contributed by atoms with Crippen molar-refractivity contribution >= 4 is 0 Å². The predicted molar refractivity (Wildman–Crippen MR) is 99.6 cm³/mol. The highest BCUT2D eigenvalue weighted by atomic mass is 16.6. The average Bonchev–Trinajstić information content (AvgIpc) is 3.54. The van der Waals surface area contributed by atoms with Gasteiger partial charge in [-0.1, -0.05) is 54.1 Å². The van der Waals surface area contributed by atoms with Crippen molar-refractivity contribution < 1.29 is 20.1 Å². The van der Waals surface area contributed by atoms with Gasteiger partial charge < -0.3 is 20.1 Å². The van der Waals surface area contributed by atoms with Gasteiger partial charge in [-0.25, -0.2) is 0 Å². The summed E-state index contributed by atoms with van der Waals surface area (Å²) < 4.78 is 5.98. The molecule has 2 spiro atoms. The topological polar surface area (TPSA) is 69.9 Å². The maximum absolute atomic E-state index is 10.7. The number of hydrogen-bond donors (Lipinski definition) is 3. The van der Waals surface area contributed by atoms with Gasteiger partial charge in [-0.05, 0) is 38.2 Å². The monoisotopic (exact) mass is 356 g/mol. The second-order valence-electron chi connectivity index (χ2n) is 8.25. The highest BCUT2D eigenvalue weighted by Crippen LogP contribution is 2.64. The van der Waals surface area contributed by atoms with Gasteiger partial charge in [-0.3, -0.25) is 0 Å². The van der Waals surface area contributed by atoms with E-state index in [0.717, 1.165) is 19.3 Å². The lowest BCUT2D eigenvalue weighted by molar-refractivity contribution is -0.230. The molecule has 1 aromatic rings. The summed E-state index contributed by atoms with van der Waals surface area (Å²) in [5, 5.41) is 31.2. The van der Waals surface area contributed by atoms with E-state index in [-0.39, 0.29) is 6.10 Å². The molecule has 140 valence electrons. The van der Waals surface area contributed by atoms with Crippen LogP contribution in [0.5, 0.6) is 0 Å². The molecule has 0 bridgehead atoms. The van der Waals surface area contributed by atoms with Gasteiger partial charge in [0.1, 0.15) is 5.60 Å². The predicted octanol–water partition coefficient (Wildman–Crippen LogP) is 2.53. The zero-order valence-electron chi connectivity index (χ0n) is 15.2. The van der Waals surface area contributed by atoms with E-state index in [1.807, 2.05) is 30.4 Å². The molecule has 2 aliphatic carbocycles. The lowest BCUT2D eigenvalue weighted by Gasteiger charge is -2.44. The molecule has 3 fully saturated rings. The molecule has 1 saturated heterocycles. The molecule has 26 heavy (non-hydrogen) atoms. The molecule has 0 aromatic heterocycles. The molecule has 4 nitrogen and oxygen atoms in total. The third-order valence-corrected chi connectivity index (χ3v) is 6.27. The van der Waals surface area contributed by atoms with Crippen LogP contribution >= 0.6 is 0 Å². The fourth-order valence-electron chi connectivity index (χ4n) is 4.41. The van der Waals surface area contributed by atoms with E-state index in [4.69, 9.17) is 4.74 Å². The number of ether oxygens (including phenoxy) is 1. The molecule has 1 heterocycles. The first-order chi connectivity index (χ1) is 12.5. The molecule has 1 aliphatic heterocycles. The average molecular weight is 356 g/mol. The van der Waals surface area contributed by atoms with Crippen LogP contribution in [0, 0.1) is 5.41 Å². The molecule has 0 radical (unpaired) electrons. The quantitative estimate of drug-likeness (QED) is 0.709. The van der Waals surface area contributed by atoms with Crippen LogP contribution in [0.1, 0.15) is 38.2 Å². The summed E-state index contributed by atoms with van der Waals surface area (Å²) in [5.74, 6) is 0. The van der Waals surface area contributed by atoms with Gasteiger partial charge in [0, 0.05) is 11.8 Å². The fraction of sp³-hybridized carbons (Fsp3) is 0.545. The first-order valence-electron chi connectivity index (χ1n) is 9.56. The van der Waals surface area contributed by atoms with Crippen molar-refractivity contribution in [3.05, 3.63) is 59.7 Å². The summed E-state index contributed by atoms with van der Waals surface area (Å²) in [6.45, 7) is 2.11. The zero-order valence-corrected chi connectivity index (χ0v) is 15.2. The molecule has 4 heteroatoms. The lowest BCUT2D eigenvalue weighted by Crippen LogP contribution is -2.58. The minimum absolute atomic E-state index is 0.364. The van der Waals surface area contributed by atoms with Gasteiger partial charge in [0.15, 0.2) is 0 Å². The third kappa shape index (κ3) is 3.05. The second kappa shape index (κ2) is 6.61. The Kier molecular flexibility index (Phi) is 4.56. The Balaban J connectivity index is 1.37. The van der Waals surface area contributed by atoms with Crippen LogP contribution in [-0.2, 0) is 11.2 Å². The number of allylic oxidation sites excluding steroid dienone is 3. The van der Waals surface area contributed by atoms with E-state index in [1.54, 1.807) is 0 Å². The SMILES string of the molecule is C/C(=C\C=C/C[C@@H]1O[C@@]2(C[C@H]2O)[C@@H](O)C2(CC2)[C@H]1O)Cc1ccccc1. The largest absolute Gasteiger partial charge is 0.390 e. The van der Waals surface area contributed by atoms with Crippen LogP contribution < -0.4 is 0 Å². The molecular weight excluding hydrogens is 328 g/mol. The molecule has 0 amide bonds. The summed E-state index contributed by atoms with van der Waals surface area (Å²) in [6.07, 6.45) is 7.30. The van der Waals surface area contributed by atoms with E-state index in [0.29, 0.717) is 12.8 Å². The molecule has 5 atom stereocenters. The van der Waals surface area contributed by atoms with E-state index < -0.39 is 29.3 Å². The Labute approximate surface area is 154 Å². The molecule has 0 unspecified atom stereocenters. The first kappa shape index (κ1) is 17.9. The number of hydrogen-bond acceptors (Lipinski definition) is 4. The van der Waals surface area contributed by atoms with Gasteiger partial charge >= 0.3 is 0 Å². The summed E-state index contributed by atoms with van der Waals surface area (Å²) in [5.41, 5.74) is 1.25. The van der Waals surface area contributed by atoms with Gasteiger partial charge in [-0.15, -0.1) is 0 Å². The number of rotatable bonds is 5. The Morgan fingerprint density at radius 2 is 1.88 bits per heavy atom. The van der Waals surface area contributed by atoms with Crippen molar-refractivity contribution in [3.63, 3.8) is 0 Å². The highest BCUT2D eigenvalue weighted by molar-refractivity contribution is 5.26. The highest BCUT2D eigenvalue weighted by Gasteiger charge is 2.74. The van der Waals surface area contributed by atoms with Gasteiger partial charge in [0.05, 0.1) is 24.4 Å². The number of aliphatic hydroxyl groups is 3. The fourth-order valence-corrected chi connectivity index (χ4v) is 4.41.